The fourth-order valence-electron chi connectivity index (χ4n) is 4.98. The summed E-state index contributed by atoms with van der Waals surface area (Å²) < 4.78 is 20.6. The van der Waals surface area contributed by atoms with Crippen LogP contribution in [0, 0.1) is 17.7 Å². The lowest BCUT2D eigenvalue weighted by Gasteiger charge is -2.26. The Kier molecular flexibility index (Phi) is 5.91. The summed E-state index contributed by atoms with van der Waals surface area (Å²) in [6.07, 6.45) is 1.30. The third kappa shape index (κ3) is 4.69. The number of ether oxygens (including phenoxy) is 1. The van der Waals surface area contributed by atoms with Gasteiger partial charge in [-0.25, -0.2) is 9.18 Å². The van der Waals surface area contributed by atoms with E-state index in [9.17, 15) is 9.59 Å². The third-order valence-corrected chi connectivity index (χ3v) is 6.97. The fraction of sp³-hybridized carbons (Fsp3) is 0.370. The Hall–Kier alpha value is -3.19. The van der Waals surface area contributed by atoms with Crippen molar-refractivity contribution >= 4 is 34.5 Å². The Balaban J connectivity index is 1.27. The summed E-state index contributed by atoms with van der Waals surface area (Å²) in [5.41, 5.74) is 1.53. The van der Waals surface area contributed by atoms with Crippen LogP contribution in [0.5, 0.6) is 0 Å². The molecule has 2 aromatic carbocycles. The van der Waals surface area contributed by atoms with E-state index < -0.39 is 11.4 Å². The molecule has 0 spiro atoms. The number of aromatic nitrogens is 1. The Morgan fingerprint density at radius 1 is 1.00 bits per heavy atom. The van der Waals surface area contributed by atoms with Crippen LogP contribution in [0.2, 0.25) is 5.02 Å². The van der Waals surface area contributed by atoms with E-state index in [2.05, 4.69) is 4.98 Å². The molecule has 6 nitrogen and oxygen atoms in total. The van der Waals surface area contributed by atoms with E-state index in [4.69, 9.17) is 16.3 Å². The van der Waals surface area contributed by atoms with E-state index in [-0.39, 0.29) is 23.8 Å². The van der Waals surface area contributed by atoms with E-state index in [1.54, 1.807) is 46.3 Å². The van der Waals surface area contributed by atoms with Crippen molar-refractivity contribution < 1.29 is 18.7 Å². The van der Waals surface area contributed by atoms with Crippen molar-refractivity contribution in [3.8, 4) is 11.1 Å². The van der Waals surface area contributed by atoms with Crippen molar-refractivity contribution in [1.29, 1.82) is 0 Å². The van der Waals surface area contributed by atoms with Crippen LogP contribution in [0.4, 0.5) is 9.18 Å². The number of hydrogen-bond donors (Lipinski definition) is 0. The van der Waals surface area contributed by atoms with Gasteiger partial charge in [-0.05, 0) is 50.6 Å². The molecule has 3 aromatic rings. The molecule has 0 N–H and O–H groups in total. The highest BCUT2D eigenvalue weighted by atomic mass is 35.5. The van der Waals surface area contributed by atoms with Gasteiger partial charge in [-0.1, -0.05) is 29.8 Å². The topological polar surface area (TPSA) is 62.7 Å². The zero-order valence-electron chi connectivity index (χ0n) is 19.9. The Bertz CT molecular complexity index is 1310. The number of amides is 2. The molecule has 0 bridgehead atoms. The van der Waals surface area contributed by atoms with Gasteiger partial charge in [0.15, 0.2) is 0 Å². The van der Waals surface area contributed by atoms with Crippen molar-refractivity contribution in [2.75, 3.05) is 26.2 Å². The highest BCUT2D eigenvalue weighted by Gasteiger charge is 2.44. The van der Waals surface area contributed by atoms with Crippen molar-refractivity contribution in [2.24, 2.45) is 11.8 Å². The number of likely N-dealkylation sites (tertiary alicyclic amines) is 2. The van der Waals surface area contributed by atoms with Crippen molar-refractivity contribution in [3.05, 3.63) is 65.1 Å². The van der Waals surface area contributed by atoms with Crippen LogP contribution in [0.3, 0.4) is 0 Å². The number of hydrogen-bond acceptors (Lipinski definition) is 4. The first-order chi connectivity index (χ1) is 16.6. The molecule has 2 aliphatic rings. The lowest BCUT2D eigenvalue weighted by Crippen LogP contribution is -2.38. The maximum Gasteiger partial charge on any atom is 0.410 e. The lowest BCUT2D eigenvalue weighted by molar-refractivity contribution is 0.0275. The minimum Gasteiger partial charge on any atom is -0.444 e. The van der Waals surface area contributed by atoms with E-state index >= 15 is 4.39 Å². The second-order valence-corrected chi connectivity index (χ2v) is 10.7. The first kappa shape index (κ1) is 23.5. The minimum absolute atomic E-state index is 0.194. The van der Waals surface area contributed by atoms with Gasteiger partial charge in [0.25, 0.3) is 5.91 Å². The van der Waals surface area contributed by atoms with Gasteiger partial charge in [0, 0.05) is 60.7 Å². The Labute approximate surface area is 208 Å². The summed E-state index contributed by atoms with van der Waals surface area (Å²) >= 11 is 6.21. The zero-order chi connectivity index (χ0) is 24.9. The van der Waals surface area contributed by atoms with E-state index in [1.165, 1.54) is 6.07 Å². The molecule has 2 atom stereocenters. The summed E-state index contributed by atoms with van der Waals surface area (Å²) in [6.45, 7) is 7.76. The number of nitrogens with zero attached hydrogens (tertiary/aromatic N) is 3. The second-order valence-electron chi connectivity index (χ2n) is 10.3. The standard InChI is InChI=1S/C27H27ClFN3O3/c1-27(2,3)35-26(34)32-14-18-12-31(13-19(18)15-32)25(33)17-5-6-20(23(29)10-17)16-4-7-21-22(28)8-9-30-24(21)11-16/h4-11,18-19H,12-15H2,1-3H3/t18-,19+. The number of carbonyl (C=O) groups excluding carboxylic acids is 2. The second kappa shape index (κ2) is 8.79. The van der Waals surface area contributed by atoms with E-state index in [1.807, 2.05) is 26.8 Å². The van der Waals surface area contributed by atoms with Gasteiger partial charge in [0.2, 0.25) is 0 Å². The van der Waals surface area contributed by atoms with Crippen LogP contribution in [0.15, 0.2) is 48.7 Å². The van der Waals surface area contributed by atoms with Gasteiger partial charge >= 0.3 is 6.09 Å². The smallest absolute Gasteiger partial charge is 0.410 e. The van der Waals surface area contributed by atoms with Crippen LogP contribution in [0.25, 0.3) is 22.0 Å². The molecular formula is C27H27ClFN3O3. The van der Waals surface area contributed by atoms with Crippen molar-refractivity contribution in [2.45, 2.75) is 26.4 Å². The molecule has 5 rings (SSSR count). The molecule has 2 saturated heterocycles. The van der Waals surface area contributed by atoms with Crippen molar-refractivity contribution in [1.82, 2.24) is 14.8 Å². The van der Waals surface area contributed by atoms with Crippen LogP contribution in [-0.4, -0.2) is 58.6 Å². The van der Waals surface area contributed by atoms with Crippen molar-refractivity contribution in [3.63, 3.8) is 0 Å². The number of benzene rings is 2. The molecule has 35 heavy (non-hydrogen) atoms. The minimum atomic E-state index is -0.538. The molecule has 1 aromatic heterocycles. The number of carbonyl (C=O) groups is 2. The van der Waals surface area contributed by atoms with Gasteiger partial charge < -0.3 is 14.5 Å². The van der Waals surface area contributed by atoms with Gasteiger partial charge in [-0.3, -0.25) is 9.78 Å². The normalized spacial score (nSPS) is 19.8. The average molecular weight is 496 g/mol. The number of fused-ring (bicyclic) bond motifs is 2. The highest BCUT2D eigenvalue weighted by Crippen LogP contribution is 2.34. The molecule has 8 heteroatoms. The van der Waals surface area contributed by atoms with Gasteiger partial charge in [-0.15, -0.1) is 0 Å². The summed E-state index contributed by atoms with van der Waals surface area (Å²) in [6, 6.07) is 11.7. The Morgan fingerprint density at radius 3 is 2.34 bits per heavy atom. The summed E-state index contributed by atoms with van der Waals surface area (Å²) in [4.78, 5) is 33.3. The quantitative estimate of drug-likeness (QED) is 0.462. The molecule has 2 fully saturated rings. The molecule has 3 heterocycles. The maximum absolute atomic E-state index is 15.1. The first-order valence-corrected chi connectivity index (χ1v) is 12.1. The number of rotatable bonds is 2. The average Bonchev–Trinajstić information content (AvgIpc) is 3.37. The molecular weight excluding hydrogens is 469 g/mol. The molecule has 2 aliphatic heterocycles. The zero-order valence-corrected chi connectivity index (χ0v) is 20.7. The van der Waals surface area contributed by atoms with E-state index in [0.717, 1.165) is 5.39 Å². The molecule has 0 saturated carbocycles. The van der Waals surface area contributed by atoms with Crippen LogP contribution in [-0.2, 0) is 4.74 Å². The monoisotopic (exact) mass is 495 g/mol. The van der Waals surface area contributed by atoms with Gasteiger partial charge in [0.05, 0.1) is 10.5 Å². The summed E-state index contributed by atoms with van der Waals surface area (Å²) in [5, 5.41) is 1.39. The van der Waals surface area contributed by atoms with E-state index in [0.29, 0.717) is 53.4 Å². The van der Waals surface area contributed by atoms with Crippen LogP contribution < -0.4 is 0 Å². The molecule has 182 valence electrons. The Morgan fingerprint density at radius 2 is 1.69 bits per heavy atom. The SMILES string of the molecule is CC(C)(C)OC(=O)N1C[C@@H]2CN(C(=O)c3ccc(-c4ccc5c(Cl)ccnc5c4)c(F)c3)C[C@@H]2C1. The largest absolute Gasteiger partial charge is 0.444 e. The maximum atomic E-state index is 15.1. The molecule has 0 aliphatic carbocycles. The summed E-state index contributed by atoms with van der Waals surface area (Å²) in [5.74, 6) is -0.256. The fourth-order valence-corrected chi connectivity index (χ4v) is 5.20. The lowest BCUT2D eigenvalue weighted by atomic mass is 10.0. The third-order valence-electron chi connectivity index (χ3n) is 6.64. The number of pyridine rings is 1. The predicted octanol–water partition coefficient (Wildman–Crippen LogP) is 5.63. The van der Waals surface area contributed by atoms with Crippen LogP contribution in [0.1, 0.15) is 31.1 Å². The first-order valence-electron chi connectivity index (χ1n) is 11.7. The van der Waals surface area contributed by atoms with Gasteiger partial charge in [0.1, 0.15) is 11.4 Å². The highest BCUT2D eigenvalue weighted by molar-refractivity contribution is 6.35. The molecule has 2 amide bonds. The van der Waals surface area contributed by atoms with Crippen LogP contribution >= 0.6 is 11.6 Å². The predicted molar refractivity (Wildman–Crippen MR) is 133 cm³/mol. The summed E-state index contributed by atoms with van der Waals surface area (Å²) in [7, 11) is 0. The van der Waals surface area contributed by atoms with Gasteiger partial charge in [-0.2, -0.15) is 0 Å². The molecule has 0 radical (unpaired) electrons. The molecule has 0 unspecified atom stereocenters. The number of halogens is 2.